The van der Waals surface area contributed by atoms with Gasteiger partial charge in [-0.1, -0.05) is 59.7 Å². The normalized spacial score (nSPS) is 25.2. The molecule has 1 saturated heterocycles. The number of allylic oxidation sites excluding steroid dienone is 1. The maximum atomic E-state index is 13.5. The van der Waals surface area contributed by atoms with Gasteiger partial charge < -0.3 is 9.16 Å². The monoisotopic (exact) mass is 450 g/mol. The molecule has 1 aromatic carbocycles. The Labute approximate surface area is 181 Å². The van der Waals surface area contributed by atoms with Crippen LogP contribution in [0.5, 0.6) is 0 Å². The van der Waals surface area contributed by atoms with E-state index in [1.165, 1.54) is 6.08 Å². The fraction of sp³-hybridized carbons (Fsp3) is 0.609. The molecule has 5 nitrogen and oxygen atoms in total. The quantitative estimate of drug-likeness (QED) is 0.570. The average molecular weight is 451 g/mol. The van der Waals surface area contributed by atoms with Crippen molar-refractivity contribution in [2.45, 2.75) is 74.4 Å². The van der Waals surface area contributed by atoms with Crippen LogP contribution in [-0.4, -0.2) is 47.1 Å². The van der Waals surface area contributed by atoms with Crippen LogP contribution in [0.15, 0.2) is 46.9 Å². The van der Waals surface area contributed by atoms with Crippen LogP contribution in [0.2, 0.25) is 16.6 Å². The van der Waals surface area contributed by atoms with Crippen molar-refractivity contribution in [3.05, 3.63) is 42.0 Å². The maximum Gasteiger partial charge on any atom is 0.200 e. The first-order valence-corrected chi connectivity index (χ1v) is 14.5. The van der Waals surface area contributed by atoms with Crippen LogP contribution in [0.4, 0.5) is 0 Å². The van der Waals surface area contributed by atoms with Gasteiger partial charge >= 0.3 is 0 Å². The zero-order valence-electron chi connectivity index (χ0n) is 18.8. The highest BCUT2D eigenvalue weighted by Gasteiger charge is 2.54. The van der Waals surface area contributed by atoms with Crippen molar-refractivity contribution in [1.29, 1.82) is 0 Å². The first-order valence-electron chi connectivity index (χ1n) is 10.8. The van der Waals surface area contributed by atoms with Crippen molar-refractivity contribution in [3.63, 3.8) is 0 Å². The molecule has 0 spiro atoms. The molecule has 1 aliphatic heterocycles. The Hall–Kier alpha value is -1.28. The van der Waals surface area contributed by atoms with Crippen molar-refractivity contribution >= 4 is 23.9 Å². The number of hydrogen-bond acceptors (Lipinski definition) is 5. The molecule has 30 heavy (non-hydrogen) atoms. The Morgan fingerprint density at radius 3 is 2.10 bits per heavy atom. The van der Waals surface area contributed by atoms with Gasteiger partial charge in [0.25, 0.3) is 0 Å². The van der Waals surface area contributed by atoms with E-state index in [-0.39, 0.29) is 17.3 Å². The lowest BCUT2D eigenvalue weighted by Crippen LogP contribution is -2.55. The number of benzene rings is 1. The lowest BCUT2D eigenvalue weighted by molar-refractivity contribution is -0.114. The minimum absolute atomic E-state index is 0.184. The first-order chi connectivity index (χ1) is 14.0. The second-order valence-electron chi connectivity index (χ2n) is 9.42. The van der Waals surface area contributed by atoms with Crippen molar-refractivity contribution in [2.24, 2.45) is 5.92 Å². The number of rotatable bonds is 7. The zero-order chi connectivity index (χ0) is 22.3. The molecule has 0 saturated carbocycles. The SMILES string of the molecule is CC(C)[Si](O[C@H]1COCC2=CC(=O)[C@H](S(=O)(=O)c3ccccc3)[C@H]21)(C(C)C)C(C)C. The Balaban J connectivity index is 2.03. The Kier molecular flexibility index (Phi) is 6.77. The molecule has 0 aromatic heterocycles. The van der Waals surface area contributed by atoms with Gasteiger partial charge in [-0.2, -0.15) is 0 Å². The fourth-order valence-corrected chi connectivity index (χ4v) is 13.1. The second-order valence-corrected chi connectivity index (χ2v) is 16.9. The highest BCUT2D eigenvalue weighted by molar-refractivity contribution is 7.93. The summed E-state index contributed by atoms with van der Waals surface area (Å²) in [5.41, 5.74) is 1.81. The molecule has 3 atom stereocenters. The van der Waals surface area contributed by atoms with Crippen molar-refractivity contribution in [2.75, 3.05) is 13.2 Å². The van der Waals surface area contributed by atoms with Crippen molar-refractivity contribution in [1.82, 2.24) is 0 Å². The molecule has 0 amide bonds. The summed E-state index contributed by atoms with van der Waals surface area (Å²) in [5.74, 6) is -0.844. The van der Waals surface area contributed by atoms with Gasteiger partial charge in [0.05, 0.1) is 24.2 Å². The topological polar surface area (TPSA) is 69.7 Å². The third-order valence-corrected chi connectivity index (χ3v) is 15.0. The Bertz CT molecular complexity index is 883. The molecule has 1 heterocycles. The molecule has 0 radical (unpaired) electrons. The van der Waals surface area contributed by atoms with E-state index < -0.39 is 35.4 Å². The summed E-state index contributed by atoms with van der Waals surface area (Å²) in [4.78, 5) is 13.1. The molecule has 3 rings (SSSR count). The number of ether oxygens (including phenoxy) is 1. The van der Waals surface area contributed by atoms with Crippen LogP contribution in [0.25, 0.3) is 0 Å². The van der Waals surface area contributed by atoms with E-state index in [2.05, 4.69) is 41.5 Å². The zero-order valence-corrected chi connectivity index (χ0v) is 20.6. The molecular weight excluding hydrogens is 416 g/mol. The molecule has 1 aromatic rings. The summed E-state index contributed by atoms with van der Waals surface area (Å²) in [6.07, 6.45) is 1.05. The predicted molar refractivity (Wildman–Crippen MR) is 121 cm³/mol. The van der Waals surface area contributed by atoms with E-state index in [0.29, 0.717) is 23.2 Å². The van der Waals surface area contributed by atoms with Gasteiger partial charge in [0.15, 0.2) is 15.6 Å². The van der Waals surface area contributed by atoms with Crippen LogP contribution < -0.4 is 0 Å². The largest absolute Gasteiger partial charge is 0.410 e. The van der Waals surface area contributed by atoms with Gasteiger partial charge in [0, 0.05) is 5.92 Å². The third kappa shape index (κ3) is 3.85. The summed E-state index contributed by atoms with van der Waals surface area (Å²) in [6.45, 7) is 13.8. The van der Waals surface area contributed by atoms with E-state index in [1.807, 2.05) is 0 Å². The van der Waals surface area contributed by atoms with E-state index in [1.54, 1.807) is 30.3 Å². The molecule has 0 unspecified atom stereocenters. The standard InChI is InChI=1S/C23H34O5SSi/c1-15(2)30(16(3)4,17(5)6)28-21-14-27-13-18-12-20(24)23(22(18)21)29(25,26)19-10-8-7-9-11-19/h7-12,15-17,21-23H,13-14H2,1-6H3/t21-,22+,23-/m0/s1. The van der Waals surface area contributed by atoms with Crippen LogP contribution >= 0.6 is 0 Å². The van der Waals surface area contributed by atoms with Gasteiger partial charge in [0.2, 0.25) is 8.32 Å². The highest BCUT2D eigenvalue weighted by Crippen LogP contribution is 2.46. The number of carbonyl (C=O) groups is 1. The molecule has 2 aliphatic rings. The Morgan fingerprint density at radius 1 is 1.00 bits per heavy atom. The second kappa shape index (κ2) is 8.69. The molecule has 0 N–H and O–H groups in total. The third-order valence-electron chi connectivity index (χ3n) is 6.78. The first kappa shape index (κ1) is 23.4. The van der Waals surface area contributed by atoms with E-state index in [4.69, 9.17) is 9.16 Å². The van der Waals surface area contributed by atoms with Crippen LogP contribution in [0.1, 0.15) is 41.5 Å². The number of hydrogen-bond donors (Lipinski definition) is 0. The minimum Gasteiger partial charge on any atom is -0.410 e. The fourth-order valence-electron chi connectivity index (χ4n) is 5.58. The van der Waals surface area contributed by atoms with Crippen molar-refractivity contribution in [3.8, 4) is 0 Å². The van der Waals surface area contributed by atoms with Gasteiger partial charge in [-0.25, -0.2) is 8.42 Å². The summed E-state index contributed by atoms with van der Waals surface area (Å²) in [5, 5.41) is -1.14. The predicted octanol–water partition coefficient (Wildman–Crippen LogP) is 4.55. The smallest absolute Gasteiger partial charge is 0.200 e. The van der Waals surface area contributed by atoms with Crippen molar-refractivity contribution < 1.29 is 22.4 Å². The molecule has 7 heteroatoms. The molecular formula is C23H34O5SSi. The van der Waals surface area contributed by atoms with Crippen LogP contribution in [0.3, 0.4) is 0 Å². The van der Waals surface area contributed by atoms with Crippen LogP contribution in [-0.2, 0) is 23.8 Å². The number of ketones is 1. The summed E-state index contributed by atoms with van der Waals surface area (Å²) in [6, 6.07) is 8.27. The average Bonchev–Trinajstić information content (AvgIpc) is 3.03. The lowest BCUT2D eigenvalue weighted by Gasteiger charge is -2.47. The Morgan fingerprint density at radius 2 is 1.57 bits per heavy atom. The maximum absolute atomic E-state index is 13.5. The van der Waals surface area contributed by atoms with E-state index >= 15 is 0 Å². The molecule has 0 bridgehead atoms. The summed E-state index contributed by atoms with van der Waals surface area (Å²) < 4.78 is 39.7. The summed E-state index contributed by atoms with van der Waals surface area (Å²) in [7, 11) is -6.11. The van der Waals surface area contributed by atoms with Gasteiger partial charge in [0.1, 0.15) is 5.25 Å². The number of carbonyl (C=O) groups excluding carboxylic acids is 1. The number of sulfone groups is 1. The molecule has 166 valence electrons. The van der Waals surface area contributed by atoms with E-state index in [0.717, 1.165) is 5.57 Å². The van der Waals surface area contributed by atoms with Crippen LogP contribution in [0, 0.1) is 5.92 Å². The van der Waals surface area contributed by atoms with Gasteiger partial charge in [-0.15, -0.1) is 0 Å². The minimum atomic E-state index is -3.83. The lowest BCUT2D eigenvalue weighted by atomic mass is 9.93. The number of fused-ring (bicyclic) bond motifs is 1. The highest BCUT2D eigenvalue weighted by atomic mass is 32.2. The van der Waals surface area contributed by atoms with Gasteiger partial charge in [-0.05, 0) is 40.4 Å². The molecule has 1 aliphatic carbocycles. The molecule has 1 fully saturated rings. The van der Waals surface area contributed by atoms with Gasteiger partial charge in [-0.3, -0.25) is 4.79 Å². The summed E-state index contributed by atoms with van der Waals surface area (Å²) >= 11 is 0. The van der Waals surface area contributed by atoms with E-state index in [9.17, 15) is 13.2 Å².